The van der Waals surface area contributed by atoms with Crippen LogP contribution in [-0.4, -0.2) is 20.8 Å². The zero-order chi connectivity index (χ0) is 15.0. The molecule has 0 spiro atoms. The van der Waals surface area contributed by atoms with E-state index in [0.717, 1.165) is 15.5 Å². The molecule has 5 heteroatoms. The second-order valence-electron chi connectivity index (χ2n) is 5.10. The molecule has 0 N–H and O–H groups in total. The van der Waals surface area contributed by atoms with Crippen molar-refractivity contribution in [3.05, 3.63) is 57.6 Å². The first kappa shape index (κ1) is 13.9. The van der Waals surface area contributed by atoms with Crippen LogP contribution >= 0.6 is 15.9 Å². The number of aromatic nitrogens is 3. The van der Waals surface area contributed by atoms with Gasteiger partial charge in [0, 0.05) is 10.0 Å². The Morgan fingerprint density at radius 1 is 1.14 bits per heavy atom. The second-order valence-corrected chi connectivity index (χ2v) is 6.02. The van der Waals surface area contributed by atoms with Gasteiger partial charge < -0.3 is 0 Å². The standard InChI is InChI=1S/C16H14BrN3O/c1-10-7-14-15(8-11(10)2)20(19-18-14)9-16(21)12-3-5-13(17)6-4-12/h3-8H,9H2,1-2H3. The van der Waals surface area contributed by atoms with Gasteiger partial charge in [-0.15, -0.1) is 5.10 Å². The molecule has 1 heterocycles. The van der Waals surface area contributed by atoms with E-state index in [0.29, 0.717) is 5.56 Å². The first-order valence-corrected chi connectivity index (χ1v) is 7.43. The fraction of sp³-hybridized carbons (Fsp3) is 0.188. The third kappa shape index (κ3) is 2.74. The molecule has 1 aromatic heterocycles. The van der Waals surface area contributed by atoms with Crippen LogP contribution in [0, 0.1) is 13.8 Å². The molecule has 0 radical (unpaired) electrons. The van der Waals surface area contributed by atoms with E-state index < -0.39 is 0 Å². The maximum Gasteiger partial charge on any atom is 0.184 e. The molecule has 0 aliphatic heterocycles. The molecule has 0 unspecified atom stereocenters. The number of aryl methyl sites for hydroxylation is 2. The van der Waals surface area contributed by atoms with Gasteiger partial charge in [-0.25, -0.2) is 4.68 Å². The number of fused-ring (bicyclic) bond motifs is 1. The Labute approximate surface area is 130 Å². The SMILES string of the molecule is Cc1cc2nnn(CC(=O)c3ccc(Br)cc3)c2cc1C. The van der Waals surface area contributed by atoms with E-state index >= 15 is 0 Å². The number of halogens is 1. The van der Waals surface area contributed by atoms with Gasteiger partial charge in [0.2, 0.25) is 0 Å². The van der Waals surface area contributed by atoms with Crippen molar-refractivity contribution >= 4 is 32.7 Å². The van der Waals surface area contributed by atoms with Crippen molar-refractivity contribution in [1.29, 1.82) is 0 Å². The molecule has 3 aromatic rings. The molecule has 0 aliphatic rings. The van der Waals surface area contributed by atoms with E-state index in [2.05, 4.69) is 26.2 Å². The Morgan fingerprint density at radius 3 is 2.52 bits per heavy atom. The lowest BCUT2D eigenvalue weighted by molar-refractivity contribution is 0.0968. The molecule has 2 aromatic carbocycles. The normalized spacial score (nSPS) is 11.0. The van der Waals surface area contributed by atoms with Gasteiger partial charge >= 0.3 is 0 Å². The van der Waals surface area contributed by atoms with Crippen LogP contribution in [0.15, 0.2) is 40.9 Å². The van der Waals surface area contributed by atoms with Gasteiger partial charge in [-0.3, -0.25) is 4.79 Å². The summed E-state index contributed by atoms with van der Waals surface area (Å²) in [5.74, 6) is 0.0209. The van der Waals surface area contributed by atoms with Crippen molar-refractivity contribution in [3.8, 4) is 0 Å². The Balaban J connectivity index is 1.93. The maximum atomic E-state index is 12.3. The van der Waals surface area contributed by atoms with E-state index in [1.807, 2.05) is 38.1 Å². The van der Waals surface area contributed by atoms with Gasteiger partial charge in [-0.1, -0.05) is 33.3 Å². The van der Waals surface area contributed by atoms with Crippen molar-refractivity contribution in [2.24, 2.45) is 0 Å². The van der Waals surface area contributed by atoms with E-state index in [1.54, 1.807) is 16.8 Å². The fourth-order valence-corrected chi connectivity index (χ4v) is 2.47. The smallest absolute Gasteiger partial charge is 0.184 e. The van der Waals surface area contributed by atoms with Gasteiger partial charge in [0.1, 0.15) is 12.1 Å². The molecule has 0 fully saturated rings. The summed E-state index contributed by atoms with van der Waals surface area (Å²) < 4.78 is 2.61. The minimum absolute atomic E-state index is 0.0209. The minimum Gasteiger partial charge on any atom is -0.292 e. The zero-order valence-electron chi connectivity index (χ0n) is 11.8. The Bertz CT molecular complexity index is 821. The maximum absolute atomic E-state index is 12.3. The van der Waals surface area contributed by atoms with Gasteiger partial charge in [0.25, 0.3) is 0 Å². The predicted octanol–water partition coefficient (Wildman–Crippen LogP) is 3.69. The lowest BCUT2D eigenvalue weighted by Crippen LogP contribution is -2.11. The lowest BCUT2D eigenvalue weighted by atomic mass is 10.1. The van der Waals surface area contributed by atoms with Crippen molar-refractivity contribution in [1.82, 2.24) is 15.0 Å². The summed E-state index contributed by atoms with van der Waals surface area (Å²) in [7, 11) is 0. The summed E-state index contributed by atoms with van der Waals surface area (Å²) in [6.45, 7) is 4.28. The average molecular weight is 344 g/mol. The largest absolute Gasteiger partial charge is 0.292 e. The van der Waals surface area contributed by atoms with Crippen LogP contribution in [0.4, 0.5) is 0 Å². The molecule has 0 aliphatic carbocycles. The molecular weight excluding hydrogens is 330 g/mol. The molecule has 4 nitrogen and oxygen atoms in total. The average Bonchev–Trinajstić information content (AvgIpc) is 2.82. The molecule has 0 saturated carbocycles. The highest BCUT2D eigenvalue weighted by atomic mass is 79.9. The molecule has 106 valence electrons. The highest BCUT2D eigenvalue weighted by Gasteiger charge is 2.12. The molecule has 3 rings (SSSR count). The molecule has 0 atom stereocenters. The summed E-state index contributed by atoms with van der Waals surface area (Å²) >= 11 is 3.36. The number of rotatable bonds is 3. The number of hydrogen-bond donors (Lipinski definition) is 0. The summed E-state index contributed by atoms with van der Waals surface area (Å²) in [5.41, 5.74) is 4.73. The van der Waals surface area contributed by atoms with Crippen molar-refractivity contribution in [2.45, 2.75) is 20.4 Å². The van der Waals surface area contributed by atoms with Crippen LogP contribution in [0.25, 0.3) is 11.0 Å². The summed E-state index contributed by atoms with van der Waals surface area (Å²) in [4.78, 5) is 12.3. The Kier molecular flexibility index (Phi) is 3.59. The molecule has 21 heavy (non-hydrogen) atoms. The van der Waals surface area contributed by atoms with Crippen LogP contribution in [0.2, 0.25) is 0 Å². The van der Waals surface area contributed by atoms with Crippen LogP contribution in [0.3, 0.4) is 0 Å². The predicted molar refractivity (Wildman–Crippen MR) is 85.5 cm³/mol. The van der Waals surface area contributed by atoms with Crippen molar-refractivity contribution in [3.63, 3.8) is 0 Å². The molecule has 0 saturated heterocycles. The summed E-state index contributed by atoms with van der Waals surface area (Å²) in [5, 5.41) is 8.23. The van der Waals surface area contributed by atoms with Gasteiger partial charge in [-0.2, -0.15) is 0 Å². The number of hydrogen-bond acceptors (Lipinski definition) is 3. The van der Waals surface area contributed by atoms with Crippen LogP contribution in [0.5, 0.6) is 0 Å². The summed E-state index contributed by atoms with van der Waals surface area (Å²) in [6, 6.07) is 11.4. The number of carbonyl (C=O) groups excluding carboxylic acids is 1. The third-order valence-electron chi connectivity index (χ3n) is 3.59. The van der Waals surface area contributed by atoms with E-state index in [4.69, 9.17) is 0 Å². The highest BCUT2D eigenvalue weighted by molar-refractivity contribution is 9.10. The summed E-state index contributed by atoms with van der Waals surface area (Å²) in [6.07, 6.45) is 0. The third-order valence-corrected chi connectivity index (χ3v) is 4.12. The van der Waals surface area contributed by atoms with Crippen molar-refractivity contribution in [2.75, 3.05) is 0 Å². The lowest BCUT2D eigenvalue weighted by Gasteiger charge is -2.04. The number of ketones is 1. The number of benzene rings is 2. The van der Waals surface area contributed by atoms with Crippen molar-refractivity contribution < 1.29 is 4.79 Å². The monoisotopic (exact) mass is 343 g/mol. The quantitative estimate of drug-likeness (QED) is 0.681. The topological polar surface area (TPSA) is 47.8 Å². The van der Waals surface area contributed by atoms with Gasteiger partial charge in [0.15, 0.2) is 5.78 Å². The first-order chi connectivity index (χ1) is 10.0. The molecular formula is C16H14BrN3O. The van der Waals surface area contributed by atoms with Crippen LogP contribution in [0.1, 0.15) is 21.5 Å². The highest BCUT2D eigenvalue weighted by Crippen LogP contribution is 2.18. The minimum atomic E-state index is 0.0209. The van der Waals surface area contributed by atoms with E-state index in [9.17, 15) is 4.79 Å². The Morgan fingerprint density at radius 2 is 1.81 bits per heavy atom. The second kappa shape index (κ2) is 5.41. The van der Waals surface area contributed by atoms with E-state index in [-0.39, 0.29) is 12.3 Å². The number of nitrogens with zero attached hydrogens (tertiary/aromatic N) is 3. The number of carbonyl (C=O) groups is 1. The Hall–Kier alpha value is -2.01. The molecule has 0 bridgehead atoms. The number of Topliss-reactive ketones (excluding diaryl/α,β-unsaturated/α-hetero) is 1. The zero-order valence-corrected chi connectivity index (χ0v) is 13.4. The fourth-order valence-electron chi connectivity index (χ4n) is 2.20. The van der Waals surface area contributed by atoms with Crippen LogP contribution < -0.4 is 0 Å². The van der Waals surface area contributed by atoms with Gasteiger partial charge in [-0.05, 0) is 49.2 Å². The first-order valence-electron chi connectivity index (χ1n) is 6.64. The van der Waals surface area contributed by atoms with Gasteiger partial charge in [0.05, 0.1) is 5.52 Å². The molecule has 0 amide bonds. The van der Waals surface area contributed by atoms with Crippen LogP contribution in [-0.2, 0) is 6.54 Å². The van der Waals surface area contributed by atoms with E-state index in [1.165, 1.54) is 11.1 Å².